The van der Waals surface area contributed by atoms with Crippen LogP contribution in [0, 0.1) is 6.92 Å². The summed E-state index contributed by atoms with van der Waals surface area (Å²) in [5.41, 5.74) is 3.56. The number of aromatic nitrogens is 5. The fourth-order valence-corrected chi connectivity index (χ4v) is 4.49. The van der Waals surface area contributed by atoms with E-state index in [0.29, 0.717) is 18.9 Å². The number of methoxy groups -OCH3 is 1. The van der Waals surface area contributed by atoms with Gasteiger partial charge in [0.05, 0.1) is 23.0 Å². The SMILES string of the molecule is COC1(CC=O)CCN(c2nccc(Cc3cc4c(cn3)nc(C)n4C(C)C)n2)CC1. The molecular formula is C23H30N6O2. The minimum Gasteiger partial charge on any atom is -0.378 e. The number of ether oxygens (including phenoxy) is 1. The van der Waals surface area contributed by atoms with Crippen molar-refractivity contribution in [1.82, 2.24) is 24.5 Å². The first-order valence-corrected chi connectivity index (χ1v) is 10.8. The van der Waals surface area contributed by atoms with E-state index in [1.54, 1.807) is 7.11 Å². The van der Waals surface area contributed by atoms with Gasteiger partial charge in [-0.15, -0.1) is 0 Å². The fourth-order valence-electron chi connectivity index (χ4n) is 4.49. The Morgan fingerprint density at radius 2 is 1.97 bits per heavy atom. The van der Waals surface area contributed by atoms with Crippen molar-refractivity contribution in [3.63, 3.8) is 0 Å². The molecular weight excluding hydrogens is 392 g/mol. The summed E-state index contributed by atoms with van der Waals surface area (Å²) in [5.74, 6) is 1.72. The molecule has 3 aromatic heterocycles. The van der Waals surface area contributed by atoms with Crippen molar-refractivity contribution < 1.29 is 9.53 Å². The van der Waals surface area contributed by atoms with Gasteiger partial charge in [-0.3, -0.25) is 4.98 Å². The van der Waals surface area contributed by atoms with Crippen LogP contribution in [-0.2, 0) is 16.0 Å². The van der Waals surface area contributed by atoms with Crippen LogP contribution in [0.25, 0.3) is 11.0 Å². The van der Waals surface area contributed by atoms with Gasteiger partial charge in [0.15, 0.2) is 0 Å². The Bertz CT molecular complexity index is 1070. The lowest BCUT2D eigenvalue weighted by molar-refractivity contribution is -0.115. The summed E-state index contributed by atoms with van der Waals surface area (Å²) in [6.07, 6.45) is 7.24. The zero-order chi connectivity index (χ0) is 22.0. The summed E-state index contributed by atoms with van der Waals surface area (Å²) in [4.78, 5) is 31.7. The molecule has 0 atom stereocenters. The number of nitrogens with zero attached hydrogens (tertiary/aromatic N) is 6. The normalized spacial score (nSPS) is 16.2. The second-order valence-electron chi connectivity index (χ2n) is 8.56. The topological polar surface area (TPSA) is 86.0 Å². The monoisotopic (exact) mass is 422 g/mol. The maximum absolute atomic E-state index is 11.0. The molecule has 3 aromatic rings. The molecule has 0 N–H and O–H groups in total. The van der Waals surface area contributed by atoms with Gasteiger partial charge in [-0.2, -0.15) is 0 Å². The van der Waals surface area contributed by atoms with E-state index in [-0.39, 0.29) is 5.60 Å². The summed E-state index contributed by atoms with van der Waals surface area (Å²) in [5, 5.41) is 0. The molecule has 0 aliphatic carbocycles. The Balaban J connectivity index is 1.52. The van der Waals surface area contributed by atoms with Crippen molar-refractivity contribution >= 4 is 23.3 Å². The van der Waals surface area contributed by atoms with Crippen molar-refractivity contribution in [2.45, 2.75) is 58.1 Å². The van der Waals surface area contributed by atoms with Gasteiger partial charge in [0.25, 0.3) is 0 Å². The largest absolute Gasteiger partial charge is 0.378 e. The van der Waals surface area contributed by atoms with Crippen LogP contribution in [0.15, 0.2) is 24.5 Å². The van der Waals surface area contributed by atoms with Gasteiger partial charge in [0.2, 0.25) is 5.95 Å². The lowest BCUT2D eigenvalue weighted by atomic mass is 9.88. The number of carbonyl (C=O) groups is 1. The average Bonchev–Trinajstić information content (AvgIpc) is 3.10. The molecule has 1 aliphatic rings. The maximum atomic E-state index is 11.0. The van der Waals surface area contributed by atoms with Gasteiger partial charge in [-0.25, -0.2) is 15.0 Å². The van der Waals surface area contributed by atoms with Gasteiger partial charge in [0.1, 0.15) is 17.6 Å². The van der Waals surface area contributed by atoms with Crippen LogP contribution in [0.1, 0.15) is 56.4 Å². The second kappa shape index (κ2) is 8.70. The van der Waals surface area contributed by atoms with Crippen LogP contribution in [-0.4, -0.2) is 56.6 Å². The Morgan fingerprint density at radius 3 is 2.65 bits per heavy atom. The van der Waals surface area contributed by atoms with E-state index in [1.807, 2.05) is 25.4 Å². The molecule has 164 valence electrons. The number of hydrogen-bond donors (Lipinski definition) is 0. The first-order valence-electron chi connectivity index (χ1n) is 10.8. The first kappa shape index (κ1) is 21.4. The standard InChI is InChI=1S/C23H30N6O2/c1-16(2)29-17(3)26-20-15-25-19(14-21(20)29)13-18-5-9-24-22(27-18)28-10-6-23(31-4,7-11-28)8-12-30/h5,9,12,14-16H,6-8,10-11,13H2,1-4H3. The van der Waals surface area contributed by atoms with E-state index < -0.39 is 0 Å². The molecule has 8 heteroatoms. The zero-order valence-electron chi connectivity index (χ0n) is 18.7. The van der Waals surface area contributed by atoms with Crippen LogP contribution in [0.5, 0.6) is 0 Å². The van der Waals surface area contributed by atoms with Crippen molar-refractivity contribution in [1.29, 1.82) is 0 Å². The molecule has 1 saturated heterocycles. The predicted octanol–water partition coefficient (Wildman–Crippen LogP) is 3.28. The zero-order valence-corrected chi connectivity index (χ0v) is 18.7. The van der Waals surface area contributed by atoms with Crippen LogP contribution in [0.4, 0.5) is 5.95 Å². The molecule has 0 bridgehead atoms. The summed E-state index contributed by atoms with van der Waals surface area (Å²) < 4.78 is 7.89. The molecule has 4 heterocycles. The van der Waals surface area contributed by atoms with Gasteiger partial charge in [0, 0.05) is 51.0 Å². The van der Waals surface area contributed by atoms with Gasteiger partial charge in [-0.1, -0.05) is 0 Å². The minimum atomic E-state index is -0.354. The van der Waals surface area contributed by atoms with Gasteiger partial charge < -0.3 is 19.0 Å². The molecule has 0 radical (unpaired) electrons. The van der Waals surface area contributed by atoms with E-state index in [4.69, 9.17) is 9.72 Å². The number of aldehydes is 1. The first-order chi connectivity index (χ1) is 14.9. The Labute approximate surface area is 182 Å². The molecule has 0 unspecified atom stereocenters. The number of carbonyl (C=O) groups excluding carboxylic acids is 1. The number of hydrogen-bond acceptors (Lipinski definition) is 7. The van der Waals surface area contributed by atoms with E-state index >= 15 is 0 Å². The fraction of sp³-hybridized carbons (Fsp3) is 0.522. The second-order valence-corrected chi connectivity index (χ2v) is 8.56. The number of rotatable bonds is 7. The lowest BCUT2D eigenvalue weighted by Crippen LogP contribution is -2.46. The van der Waals surface area contributed by atoms with Crippen molar-refractivity contribution in [2.24, 2.45) is 0 Å². The number of pyridine rings is 1. The summed E-state index contributed by atoms with van der Waals surface area (Å²) in [7, 11) is 1.69. The molecule has 0 spiro atoms. The highest BCUT2D eigenvalue weighted by Crippen LogP contribution is 2.30. The van der Waals surface area contributed by atoms with Crippen LogP contribution in [0.3, 0.4) is 0 Å². The van der Waals surface area contributed by atoms with Crippen LogP contribution < -0.4 is 4.90 Å². The Hall–Kier alpha value is -2.87. The summed E-state index contributed by atoms with van der Waals surface area (Å²) in [6.45, 7) is 7.89. The van der Waals surface area contributed by atoms with Gasteiger partial charge in [-0.05, 0) is 45.7 Å². The average molecular weight is 423 g/mol. The number of piperidine rings is 1. The lowest BCUT2D eigenvalue weighted by Gasteiger charge is -2.39. The van der Waals surface area contributed by atoms with Crippen LogP contribution >= 0.6 is 0 Å². The number of fused-ring (bicyclic) bond motifs is 1. The number of imidazole rings is 1. The smallest absolute Gasteiger partial charge is 0.225 e. The quantitative estimate of drug-likeness (QED) is 0.540. The van der Waals surface area contributed by atoms with E-state index in [0.717, 1.165) is 66.4 Å². The minimum absolute atomic E-state index is 0.337. The molecule has 1 aliphatic heterocycles. The summed E-state index contributed by atoms with van der Waals surface area (Å²) in [6, 6.07) is 4.39. The molecule has 4 rings (SSSR count). The molecule has 8 nitrogen and oxygen atoms in total. The molecule has 1 fully saturated rings. The van der Waals surface area contributed by atoms with E-state index in [2.05, 4.69) is 44.3 Å². The molecule has 0 amide bonds. The van der Waals surface area contributed by atoms with Gasteiger partial charge >= 0.3 is 0 Å². The third-order valence-electron chi connectivity index (χ3n) is 6.23. The van der Waals surface area contributed by atoms with Crippen molar-refractivity contribution in [3.8, 4) is 0 Å². The third-order valence-corrected chi connectivity index (χ3v) is 6.23. The van der Waals surface area contributed by atoms with Crippen molar-refractivity contribution in [2.75, 3.05) is 25.1 Å². The number of aryl methyl sites for hydroxylation is 1. The highest BCUT2D eigenvalue weighted by molar-refractivity contribution is 5.75. The predicted molar refractivity (Wildman–Crippen MR) is 119 cm³/mol. The van der Waals surface area contributed by atoms with Crippen LogP contribution in [0.2, 0.25) is 0 Å². The Kier molecular flexibility index (Phi) is 6.00. The highest BCUT2D eigenvalue weighted by Gasteiger charge is 2.35. The van der Waals surface area contributed by atoms with Crippen molar-refractivity contribution in [3.05, 3.63) is 41.7 Å². The highest BCUT2D eigenvalue weighted by atomic mass is 16.5. The molecule has 0 saturated carbocycles. The molecule has 0 aromatic carbocycles. The van der Waals surface area contributed by atoms with E-state index in [1.165, 1.54) is 0 Å². The Morgan fingerprint density at radius 1 is 1.19 bits per heavy atom. The number of anilines is 1. The van der Waals surface area contributed by atoms with E-state index in [9.17, 15) is 4.79 Å². The third kappa shape index (κ3) is 4.30. The maximum Gasteiger partial charge on any atom is 0.225 e. The summed E-state index contributed by atoms with van der Waals surface area (Å²) >= 11 is 0. The molecule has 31 heavy (non-hydrogen) atoms.